The lowest BCUT2D eigenvalue weighted by atomic mass is 10.1. The van der Waals surface area contributed by atoms with Crippen LogP contribution in [-0.4, -0.2) is 22.9 Å². The zero-order chi connectivity index (χ0) is 13.8. The average Bonchev–Trinajstić information content (AvgIpc) is 2.26. The molecule has 0 aromatic heterocycles. The molecule has 0 aliphatic carbocycles. The molecular formula is C13H15BrO4. The van der Waals surface area contributed by atoms with Gasteiger partial charge in [0.1, 0.15) is 11.4 Å². The van der Waals surface area contributed by atoms with E-state index < -0.39 is 11.8 Å². The summed E-state index contributed by atoms with van der Waals surface area (Å²) >= 11 is 3.09. The molecule has 0 N–H and O–H groups in total. The van der Waals surface area contributed by atoms with Crippen molar-refractivity contribution in [2.75, 3.05) is 5.33 Å². The van der Waals surface area contributed by atoms with Crippen molar-refractivity contribution >= 4 is 27.9 Å². The molecule has 5 heteroatoms. The van der Waals surface area contributed by atoms with Crippen molar-refractivity contribution in [1.29, 1.82) is 0 Å². The third-order valence-corrected chi connectivity index (χ3v) is 2.40. The number of Topliss-reactive ketones (excluding diaryl/α,β-unsaturated/α-hetero) is 1. The maximum Gasteiger partial charge on any atom is 0.514 e. The standard InChI is InChI=1S/C13H15BrO4/c1-13(2,3)18-12(16)17-10-6-4-9(5-7-10)11(15)8-14/h4-7H,8H2,1-3H3. The monoisotopic (exact) mass is 314 g/mol. The van der Waals surface area contributed by atoms with E-state index in [1.165, 1.54) is 0 Å². The quantitative estimate of drug-likeness (QED) is 0.370. The minimum Gasteiger partial charge on any atom is -0.428 e. The average molecular weight is 315 g/mol. The second kappa shape index (κ2) is 6.00. The van der Waals surface area contributed by atoms with Gasteiger partial charge in [-0.15, -0.1) is 0 Å². The highest BCUT2D eigenvalue weighted by molar-refractivity contribution is 9.09. The first-order chi connectivity index (χ1) is 8.31. The molecule has 1 rings (SSSR count). The van der Waals surface area contributed by atoms with E-state index in [0.29, 0.717) is 11.3 Å². The fourth-order valence-corrected chi connectivity index (χ4v) is 1.48. The lowest BCUT2D eigenvalue weighted by Crippen LogP contribution is -2.25. The zero-order valence-electron chi connectivity index (χ0n) is 10.5. The fourth-order valence-electron chi connectivity index (χ4n) is 1.15. The summed E-state index contributed by atoms with van der Waals surface area (Å²) in [7, 11) is 0. The van der Waals surface area contributed by atoms with Crippen LogP contribution in [0.4, 0.5) is 4.79 Å². The van der Waals surface area contributed by atoms with Crippen molar-refractivity contribution in [1.82, 2.24) is 0 Å². The minimum atomic E-state index is -0.762. The van der Waals surface area contributed by atoms with Gasteiger partial charge in [-0.25, -0.2) is 4.79 Å². The molecule has 0 amide bonds. The van der Waals surface area contributed by atoms with E-state index in [2.05, 4.69) is 15.9 Å². The van der Waals surface area contributed by atoms with Crippen LogP contribution in [0.25, 0.3) is 0 Å². The van der Waals surface area contributed by atoms with Crippen molar-refractivity contribution in [2.45, 2.75) is 26.4 Å². The van der Waals surface area contributed by atoms with Crippen molar-refractivity contribution in [2.24, 2.45) is 0 Å². The van der Waals surface area contributed by atoms with Crippen LogP contribution in [-0.2, 0) is 4.74 Å². The number of ether oxygens (including phenoxy) is 2. The van der Waals surface area contributed by atoms with Gasteiger partial charge >= 0.3 is 6.16 Å². The van der Waals surface area contributed by atoms with Gasteiger partial charge in [-0.05, 0) is 45.0 Å². The first-order valence-corrected chi connectivity index (χ1v) is 6.54. The van der Waals surface area contributed by atoms with E-state index in [4.69, 9.17) is 9.47 Å². The van der Waals surface area contributed by atoms with Crippen LogP contribution < -0.4 is 4.74 Å². The summed E-state index contributed by atoms with van der Waals surface area (Å²) in [6.45, 7) is 5.27. The first-order valence-electron chi connectivity index (χ1n) is 5.42. The summed E-state index contributed by atoms with van der Waals surface area (Å²) in [6, 6.07) is 6.31. The van der Waals surface area contributed by atoms with E-state index in [-0.39, 0.29) is 11.1 Å². The third kappa shape index (κ3) is 4.87. The van der Waals surface area contributed by atoms with Crippen molar-refractivity contribution in [3.8, 4) is 5.75 Å². The molecule has 0 saturated carbocycles. The molecule has 0 unspecified atom stereocenters. The highest BCUT2D eigenvalue weighted by Crippen LogP contribution is 2.15. The summed E-state index contributed by atoms with van der Waals surface area (Å²) in [5, 5.41) is 0.263. The number of carbonyl (C=O) groups excluding carboxylic acids is 2. The second-order valence-corrected chi connectivity index (χ2v) is 5.21. The van der Waals surface area contributed by atoms with Crippen LogP contribution in [0.1, 0.15) is 31.1 Å². The van der Waals surface area contributed by atoms with E-state index in [1.807, 2.05) is 0 Å². The molecule has 4 nitrogen and oxygen atoms in total. The summed E-state index contributed by atoms with van der Waals surface area (Å²) in [4.78, 5) is 22.7. The van der Waals surface area contributed by atoms with Crippen LogP contribution in [0.15, 0.2) is 24.3 Å². The Labute approximate surface area is 114 Å². The molecule has 0 heterocycles. The van der Waals surface area contributed by atoms with Crippen LogP contribution in [0.5, 0.6) is 5.75 Å². The number of alkyl halides is 1. The van der Waals surface area contributed by atoms with E-state index in [1.54, 1.807) is 45.0 Å². The van der Waals surface area contributed by atoms with Gasteiger partial charge < -0.3 is 9.47 Å². The Kier molecular flexibility index (Phi) is 4.90. The molecule has 0 radical (unpaired) electrons. The lowest BCUT2D eigenvalue weighted by molar-refractivity contribution is 0.0206. The molecule has 0 atom stereocenters. The summed E-state index contributed by atoms with van der Waals surface area (Å²) in [5.74, 6) is 0.314. The smallest absolute Gasteiger partial charge is 0.428 e. The fraction of sp³-hybridized carbons (Fsp3) is 0.385. The Morgan fingerprint density at radius 1 is 1.17 bits per heavy atom. The maximum atomic E-state index is 11.4. The summed E-state index contributed by atoms with van der Waals surface area (Å²) in [6.07, 6.45) is -0.762. The number of hydrogen-bond acceptors (Lipinski definition) is 4. The lowest BCUT2D eigenvalue weighted by Gasteiger charge is -2.18. The Balaban J connectivity index is 2.64. The molecule has 0 bridgehead atoms. The largest absolute Gasteiger partial charge is 0.514 e. The van der Waals surface area contributed by atoms with E-state index in [9.17, 15) is 9.59 Å². The number of carbonyl (C=O) groups is 2. The van der Waals surface area contributed by atoms with Gasteiger partial charge in [0.25, 0.3) is 0 Å². The second-order valence-electron chi connectivity index (χ2n) is 4.65. The normalized spacial score (nSPS) is 10.9. The number of ketones is 1. The van der Waals surface area contributed by atoms with E-state index >= 15 is 0 Å². The van der Waals surface area contributed by atoms with Gasteiger partial charge in [0, 0.05) is 5.56 Å². The Hall–Kier alpha value is -1.36. The maximum absolute atomic E-state index is 11.4. The first kappa shape index (κ1) is 14.7. The predicted molar refractivity (Wildman–Crippen MR) is 71.4 cm³/mol. The third-order valence-electron chi connectivity index (χ3n) is 1.89. The molecule has 0 spiro atoms. The van der Waals surface area contributed by atoms with Gasteiger partial charge in [0.05, 0.1) is 5.33 Å². The number of hydrogen-bond donors (Lipinski definition) is 0. The van der Waals surface area contributed by atoms with Crippen LogP contribution in [0.2, 0.25) is 0 Å². The summed E-state index contributed by atoms with van der Waals surface area (Å²) in [5.41, 5.74) is -0.0356. The van der Waals surface area contributed by atoms with Gasteiger partial charge in [-0.2, -0.15) is 0 Å². The minimum absolute atomic E-state index is 0.0289. The topological polar surface area (TPSA) is 52.6 Å². The highest BCUT2D eigenvalue weighted by Gasteiger charge is 2.18. The van der Waals surface area contributed by atoms with Gasteiger partial charge in [0.2, 0.25) is 0 Å². The molecule has 0 saturated heterocycles. The SMILES string of the molecule is CC(C)(C)OC(=O)Oc1ccc(C(=O)CBr)cc1. The van der Waals surface area contributed by atoms with E-state index in [0.717, 1.165) is 0 Å². The van der Waals surface area contributed by atoms with Crippen LogP contribution in [0.3, 0.4) is 0 Å². The van der Waals surface area contributed by atoms with Crippen LogP contribution in [0, 0.1) is 0 Å². The molecule has 0 fully saturated rings. The number of rotatable bonds is 3. The Morgan fingerprint density at radius 2 is 1.72 bits per heavy atom. The molecule has 18 heavy (non-hydrogen) atoms. The number of benzene rings is 1. The van der Waals surface area contributed by atoms with Gasteiger partial charge in [0.15, 0.2) is 5.78 Å². The van der Waals surface area contributed by atoms with Crippen molar-refractivity contribution < 1.29 is 19.1 Å². The summed E-state index contributed by atoms with van der Waals surface area (Å²) < 4.78 is 9.98. The molecule has 0 aliphatic rings. The molecule has 98 valence electrons. The molecule has 1 aromatic rings. The van der Waals surface area contributed by atoms with Crippen LogP contribution >= 0.6 is 15.9 Å². The highest BCUT2D eigenvalue weighted by atomic mass is 79.9. The Morgan fingerprint density at radius 3 is 2.17 bits per heavy atom. The molecule has 1 aromatic carbocycles. The predicted octanol–water partition coefficient (Wildman–Crippen LogP) is 3.58. The zero-order valence-corrected chi connectivity index (χ0v) is 12.1. The number of halogens is 1. The van der Waals surface area contributed by atoms with Gasteiger partial charge in [-0.1, -0.05) is 15.9 Å². The molecular weight excluding hydrogens is 300 g/mol. The Bertz CT molecular complexity index is 431. The van der Waals surface area contributed by atoms with Crippen molar-refractivity contribution in [3.63, 3.8) is 0 Å². The molecule has 0 aliphatic heterocycles. The van der Waals surface area contributed by atoms with Crippen molar-refractivity contribution in [3.05, 3.63) is 29.8 Å². The van der Waals surface area contributed by atoms with Gasteiger partial charge in [-0.3, -0.25) is 4.79 Å².